The summed E-state index contributed by atoms with van der Waals surface area (Å²) in [7, 11) is 0. The second-order valence-electron chi connectivity index (χ2n) is 6.96. The molecule has 6 heteroatoms. The van der Waals surface area contributed by atoms with Crippen LogP contribution < -0.4 is 0 Å². The van der Waals surface area contributed by atoms with E-state index in [-0.39, 0.29) is 18.8 Å². The van der Waals surface area contributed by atoms with Crippen LogP contribution in [0.15, 0.2) is 24.3 Å². The Kier molecular flexibility index (Phi) is 11.4. The minimum absolute atomic E-state index is 0.146. The molecule has 2 unspecified atom stereocenters. The van der Waals surface area contributed by atoms with Crippen LogP contribution in [-0.4, -0.2) is 51.0 Å². The smallest absolute Gasteiger partial charge is 0.303 e. The molecule has 0 saturated carbocycles. The number of carboxylic acid groups (broad SMARTS) is 1. The fourth-order valence-corrected chi connectivity index (χ4v) is 3.10. The van der Waals surface area contributed by atoms with E-state index in [1.54, 1.807) is 12.2 Å². The highest BCUT2D eigenvalue weighted by Crippen LogP contribution is 2.29. The highest BCUT2D eigenvalue weighted by Gasteiger charge is 2.35. The van der Waals surface area contributed by atoms with Crippen molar-refractivity contribution in [1.82, 2.24) is 0 Å². The normalized spacial score (nSPS) is 28.0. The highest BCUT2D eigenvalue weighted by molar-refractivity contribution is 5.66. The van der Waals surface area contributed by atoms with Gasteiger partial charge in [-0.1, -0.05) is 50.5 Å². The summed E-state index contributed by atoms with van der Waals surface area (Å²) in [5.74, 6) is -1.00. The zero-order chi connectivity index (χ0) is 19.4. The minimum Gasteiger partial charge on any atom is -0.481 e. The first-order valence-corrected chi connectivity index (χ1v) is 9.68. The summed E-state index contributed by atoms with van der Waals surface area (Å²) in [5, 5.41) is 38.7. The Labute approximate surface area is 156 Å². The summed E-state index contributed by atoms with van der Waals surface area (Å²) >= 11 is 0. The molecule has 0 bridgehead atoms. The summed E-state index contributed by atoms with van der Waals surface area (Å²) in [5.41, 5.74) is 0. The summed E-state index contributed by atoms with van der Waals surface area (Å²) in [6.07, 6.45) is 10.5. The number of hydrogen-bond acceptors (Lipinski definition) is 5. The van der Waals surface area contributed by atoms with Gasteiger partial charge in [-0.25, -0.2) is 0 Å². The third-order valence-electron chi connectivity index (χ3n) is 4.64. The molecule has 0 aliphatic carbocycles. The molecule has 1 rings (SSSR count). The Morgan fingerprint density at radius 2 is 2.00 bits per heavy atom. The van der Waals surface area contributed by atoms with Crippen LogP contribution in [0.5, 0.6) is 0 Å². The number of ether oxygens (including phenoxy) is 1. The molecule has 0 amide bonds. The van der Waals surface area contributed by atoms with Gasteiger partial charge in [0, 0.05) is 18.8 Å². The number of aliphatic hydroxyl groups is 3. The van der Waals surface area contributed by atoms with E-state index >= 15 is 0 Å². The van der Waals surface area contributed by atoms with Gasteiger partial charge in [0.25, 0.3) is 0 Å². The molecule has 4 N–H and O–H groups in total. The first-order chi connectivity index (χ1) is 12.4. The molecule has 26 heavy (non-hydrogen) atoms. The van der Waals surface area contributed by atoms with Crippen molar-refractivity contribution in [2.45, 2.75) is 89.3 Å². The van der Waals surface area contributed by atoms with Crippen molar-refractivity contribution in [2.24, 2.45) is 5.92 Å². The van der Waals surface area contributed by atoms with Gasteiger partial charge in [0.15, 0.2) is 6.29 Å². The zero-order valence-electron chi connectivity index (χ0n) is 15.7. The van der Waals surface area contributed by atoms with Crippen molar-refractivity contribution < 1.29 is 30.0 Å². The number of aliphatic hydroxyl groups excluding tert-OH is 3. The van der Waals surface area contributed by atoms with Crippen molar-refractivity contribution in [3.8, 4) is 0 Å². The maximum Gasteiger partial charge on any atom is 0.303 e. The van der Waals surface area contributed by atoms with Crippen LogP contribution in [0.1, 0.15) is 64.7 Å². The fraction of sp³-hybridized carbons (Fsp3) is 0.750. The maximum absolute atomic E-state index is 10.5. The van der Waals surface area contributed by atoms with Crippen LogP contribution in [0.25, 0.3) is 0 Å². The maximum atomic E-state index is 10.5. The van der Waals surface area contributed by atoms with Crippen LogP contribution in [0.3, 0.4) is 0 Å². The van der Waals surface area contributed by atoms with Crippen molar-refractivity contribution in [2.75, 3.05) is 0 Å². The first kappa shape index (κ1) is 22.8. The van der Waals surface area contributed by atoms with Gasteiger partial charge in [0.2, 0.25) is 0 Å². The highest BCUT2D eigenvalue weighted by atomic mass is 16.6. The molecule has 6 nitrogen and oxygen atoms in total. The summed E-state index contributed by atoms with van der Waals surface area (Å²) < 4.78 is 5.54. The number of rotatable bonds is 12. The molecule has 0 aromatic carbocycles. The van der Waals surface area contributed by atoms with Gasteiger partial charge in [0.05, 0.1) is 18.3 Å². The Balaban J connectivity index is 2.52. The lowest BCUT2D eigenvalue weighted by molar-refractivity contribution is -0.199. The summed E-state index contributed by atoms with van der Waals surface area (Å²) in [6, 6.07) is 0. The third-order valence-corrected chi connectivity index (χ3v) is 4.64. The molecule has 1 saturated heterocycles. The Bertz CT molecular complexity index is 448. The van der Waals surface area contributed by atoms with Gasteiger partial charge < -0.3 is 25.2 Å². The molecule has 150 valence electrons. The van der Waals surface area contributed by atoms with Gasteiger partial charge >= 0.3 is 5.97 Å². The molecule has 0 radical (unpaired) electrons. The number of aliphatic carboxylic acids is 1. The molecule has 1 heterocycles. The number of carbonyl (C=O) groups is 1. The van der Waals surface area contributed by atoms with E-state index in [1.165, 1.54) is 0 Å². The molecule has 1 fully saturated rings. The van der Waals surface area contributed by atoms with Gasteiger partial charge in [0.1, 0.15) is 0 Å². The molecule has 0 spiro atoms. The van der Waals surface area contributed by atoms with Crippen molar-refractivity contribution in [3.63, 3.8) is 0 Å². The van der Waals surface area contributed by atoms with E-state index in [4.69, 9.17) is 9.84 Å². The monoisotopic (exact) mass is 370 g/mol. The first-order valence-electron chi connectivity index (χ1n) is 9.68. The Morgan fingerprint density at radius 3 is 2.69 bits per heavy atom. The molecule has 0 aromatic heterocycles. The number of hydrogen-bond donors (Lipinski definition) is 4. The second-order valence-corrected chi connectivity index (χ2v) is 6.96. The molecule has 1 aliphatic heterocycles. The third kappa shape index (κ3) is 9.48. The standard InChI is InChI=1S/C20H34O6/c1-2-3-6-9-15(21)12-13-18-16(17(22)14-20(25)26-18)10-7-4-5-8-11-19(23)24/h4,7,12-13,15-18,20-22,25H,2-3,5-6,8-11,14H2,1H3,(H,23,24)/b7-4-,13-12+/t15?,16-,17-,18+,20?/m0/s1. The van der Waals surface area contributed by atoms with Gasteiger partial charge in [-0.15, -0.1) is 0 Å². The second kappa shape index (κ2) is 13.0. The Hall–Kier alpha value is -1.21. The zero-order valence-corrected chi connectivity index (χ0v) is 15.7. The predicted octanol–water partition coefficient (Wildman–Crippen LogP) is 2.77. The van der Waals surface area contributed by atoms with Crippen LogP contribution in [-0.2, 0) is 9.53 Å². The molecular formula is C20H34O6. The lowest BCUT2D eigenvalue weighted by Crippen LogP contribution is -2.43. The largest absolute Gasteiger partial charge is 0.481 e. The van der Waals surface area contributed by atoms with Gasteiger partial charge in [-0.2, -0.15) is 0 Å². The van der Waals surface area contributed by atoms with Crippen molar-refractivity contribution in [3.05, 3.63) is 24.3 Å². The predicted molar refractivity (Wildman–Crippen MR) is 99.5 cm³/mol. The van der Waals surface area contributed by atoms with Gasteiger partial charge in [-0.3, -0.25) is 4.79 Å². The molecule has 5 atom stereocenters. The number of unbranched alkanes of at least 4 members (excludes halogenated alkanes) is 3. The van der Waals surface area contributed by atoms with E-state index < -0.39 is 30.6 Å². The van der Waals surface area contributed by atoms with E-state index in [2.05, 4.69) is 6.92 Å². The van der Waals surface area contributed by atoms with E-state index in [0.29, 0.717) is 25.7 Å². The van der Waals surface area contributed by atoms with E-state index in [9.17, 15) is 20.1 Å². The van der Waals surface area contributed by atoms with Gasteiger partial charge in [-0.05, 0) is 25.7 Å². The SMILES string of the molecule is CCCCCC(O)/C=C/[C@H]1OC(O)C[C@H](O)[C@@H]1C/C=C\CCCC(=O)O. The van der Waals surface area contributed by atoms with Crippen molar-refractivity contribution in [1.29, 1.82) is 0 Å². The molecule has 1 aliphatic rings. The topological polar surface area (TPSA) is 107 Å². The Morgan fingerprint density at radius 1 is 1.23 bits per heavy atom. The lowest BCUT2D eigenvalue weighted by Gasteiger charge is -2.36. The number of carboxylic acids is 1. The minimum atomic E-state index is -1.01. The van der Waals surface area contributed by atoms with E-state index in [1.807, 2.05) is 12.2 Å². The average molecular weight is 370 g/mol. The van der Waals surface area contributed by atoms with Crippen LogP contribution in [0.4, 0.5) is 0 Å². The fourth-order valence-electron chi connectivity index (χ4n) is 3.10. The average Bonchev–Trinajstić information content (AvgIpc) is 2.57. The van der Waals surface area contributed by atoms with Crippen LogP contribution >= 0.6 is 0 Å². The summed E-state index contributed by atoms with van der Waals surface area (Å²) in [6.45, 7) is 2.11. The quantitative estimate of drug-likeness (QED) is 0.311. The van der Waals surface area contributed by atoms with Crippen molar-refractivity contribution >= 4 is 5.97 Å². The van der Waals surface area contributed by atoms with E-state index in [0.717, 1.165) is 19.3 Å². The van der Waals surface area contributed by atoms with Crippen LogP contribution in [0.2, 0.25) is 0 Å². The number of allylic oxidation sites excluding steroid dienone is 2. The van der Waals surface area contributed by atoms with Crippen LogP contribution in [0, 0.1) is 5.92 Å². The lowest BCUT2D eigenvalue weighted by atomic mass is 9.87. The summed E-state index contributed by atoms with van der Waals surface area (Å²) in [4.78, 5) is 10.5. The molecular weight excluding hydrogens is 336 g/mol. The molecule has 0 aromatic rings.